The number of benzene rings is 2. The predicted molar refractivity (Wildman–Crippen MR) is 85.0 cm³/mol. The van der Waals surface area contributed by atoms with Crippen LogP contribution in [0.2, 0.25) is 0 Å². The second kappa shape index (κ2) is 6.35. The Kier molecular flexibility index (Phi) is 4.10. The number of ether oxygens (including phenoxy) is 1. The Labute approximate surface area is 128 Å². The lowest BCUT2D eigenvalue weighted by molar-refractivity contribution is -0.137. The van der Waals surface area contributed by atoms with Gasteiger partial charge in [-0.2, -0.15) is 0 Å². The molecule has 1 aromatic heterocycles. The van der Waals surface area contributed by atoms with Crippen LogP contribution in [0.15, 0.2) is 60.8 Å². The fourth-order valence-corrected chi connectivity index (χ4v) is 2.47. The van der Waals surface area contributed by atoms with E-state index in [0.29, 0.717) is 13.2 Å². The molecule has 0 aliphatic rings. The first-order valence-corrected chi connectivity index (χ1v) is 7.20. The summed E-state index contributed by atoms with van der Waals surface area (Å²) in [5.74, 6) is 0.0220. The molecule has 0 saturated heterocycles. The van der Waals surface area contributed by atoms with Gasteiger partial charge in [-0.1, -0.05) is 36.4 Å². The molecule has 2 aromatic carbocycles. The first-order valence-electron chi connectivity index (χ1n) is 7.20. The summed E-state index contributed by atoms with van der Waals surface area (Å²) in [6.45, 7) is 0.973. The first-order chi connectivity index (χ1) is 10.7. The number of hydrogen-bond donors (Lipinski definition) is 1. The molecule has 0 saturated carbocycles. The standard InChI is InChI=1S/C18H17NO3/c20-18(21)10-12-19-11-9-15-16(19)7-4-8-17(15)22-13-14-5-2-1-3-6-14/h1-9,11H,10,12-13H2,(H,20,21). The molecular weight excluding hydrogens is 278 g/mol. The largest absolute Gasteiger partial charge is 0.488 e. The molecule has 4 heteroatoms. The van der Waals surface area contributed by atoms with E-state index in [0.717, 1.165) is 22.2 Å². The Morgan fingerprint density at radius 3 is 2.64 bits per heavy atom. The van der Waals surface area contributed by atoms with E-state index in [1.165, 1.54) is 0 Å². The molecule has 4 nitrogen and oxygen atoms in total. The topological polar surface area (TPSA) is 51.5 Å². The van der Waals surface area contributed by atoms with Gasteiger partial charge in [-0.15, -0.1) is 0 Å². The monoisotopic (exact) mass is 295 g/mol. The number of hydrogen-bond acceptors (Lipinski definition) is 2. The average molecular weight is 295 g/mol. The lowest BCUT2D eigenvalue weighted by atomic mass is 10.2. The molecule has 0 radical (unpaired) electrons. The minimum atomic E-state index is -0.793. The van der Waals surface area contributed by atoms with Gasteiger partial charge < -0.3 is 14.4 Å². The molecule has 0 fully saturated rings. The zero-order valence-electron chi connectivity index (χ0n) is 12.1. The quantitative estimate of drug-likeness (QED) is 0.754. The fraction of sp³-hybridized carbons (Fsp3) is 0.167. The molecule has 0 amide bonds. The van der Waals surface area contributed by atoms with Crippen LogP contribution in [0.4, 0.5) is 0 Å². The van der Waals surface area contributed by atoms with Crippen molar-refractivity contribution in [1.29, 1.82) is 0 Å². The van der Waals surface area contributed by atoms with Gasteiger partial charge in [0, 0.05) is 18.1 Å². The zero-order valence-corrected chi connectivity index (χ0v) is 12.1. The summed E-state index contributed by atoms with van der Waals surface area (Å²) in [5.41, 5.74) is 2.11. The van der Waals surface area contributed by atoms with Gasteiger partial charge in [0.25, 0.3) is 0 Å². The Bertz CT molecular complexity index is 777. The van der Waals surface area contributed by atoms with E-state index >= 15 is 0 Å². The van der Waals surface area contributed by atoms with Crippen molar-refractivity contribution >= 4 is 16.9 Å². The molecule has 3 rings (SSSR count). The number of carbonyl (C=O) groups is 1. The number of carboxylic acids is 1. The van der Waals surface area contributed by atoms with Gasteiger partial charge in [0.1, 0.15) is 12.4 Å². The van der Waals surface area contributed by atoms with Crippen LogP contribution in [-0.4, -0.2) is 15.6 Å². The van der Waals surface area contributed by atoms with Crippen LogP contribution in [0.5, 0.6) is 5.75 Å². The van der Waals surface area contributed by atoms with Crippen LogP contribution in [0.1, 0.15) is 12.0 Å². The molecule has 0 unspecified atom stereocenters. The molecule has 3 aromatic rings. The SMILES string of the molecule is O=C(O)CCn1ccc2c(OCc3ccccc3)cccc21. The van der Waals surface area contributed by atoms with Crippen molar-refractivity contribution in [1.82, 2.24) is 4.57 Å². The van der Waals surface area contributed by atoms with Gasteiger partial charge in [0.2, 0.25) is 0 Å². The Balaban J connectivity index is 1.80. The molecule has 0 aliphatic carbocycles. The summed E-state index contributed by atoms with van der Waals surface area (Å²) < 4.78 is 7.86. The summed E-state index contributed by atoms with van der Waals surface area (Å²) in [6, 6.07) is 17.8. The Morgan fingerprint density at radius 2 is 1.86 bits per heavy atom. The van der Waals surface area contributed by atoms with Gasteiger partial charge >= 0.3 is 5.97 Å². The molecule has 0 aliphatic heterocycles. The highest BCUT2D eigenvalue weighted by molar-refractivity contribution is 5.86. The van der Waals surface area contributed by atoms with E-state index in [1.807, 2.05) is 65.4 Å². The molecule has 112 valence electrons. The number of aliphatic carboxylic acids is 1. The fourth-order valence-electron chi connectivity index (χ4n) is 2.47. The van der Waals surface area contributed by atoms with E-state index in [4.69, 9.17) is 9.84 Å². The molecule has 0 bridgehead atoms. The molecule has 0 atom stereocenters. The summed E-state index contributed by atoms with van der Waals surface area (Å²) in [7, 11) is 0. The third-order valence-corrected chi connectivity index (χ3v) is 3.58. The number of aryl methyl sites for hydroxylation is 1. The molecule has 1 heterocycles. The van der Waals surface area contributed by atoms with Gasteiger partial charge in [-0.25, -0.2) is 0 Å². The lowest BCUT2D eigenvalue weighted by Gasteiger charge is -2.09. The van der Waals surface area contributed by atoms with Crippen LogP contribution in [0.3, 0.4) is 0 Å². The van der Waals surface area contributed by atoms with E-state index < -0.39 is 5.97 Å². The van der Waals surface area contributed by atoms with Gasteiger partial charge in [-0.05, 0) is 23.8 Å². The van der Waals surface area contributed by atoms with Crippen LogP contribution < -0.4 is 4.74 Å². The maximum atomic E-state index is 10.7. The van der Waals surface area contributed by atoms with E-state index in [2.05, 4.69) is 0 Å². The van der Waals surface area contributed by atoms with Gasteiger partial charge in [-0.3, -0.25) is 4.79 Å². The van der Waals surface area contributed by atoms with E-state index in [1.54, 1.807) is 0 Å². The van der Waals surface area contributed by atoms with Crippen molar-refractivity contribution in [3.8, 4) is 5.75 Å². The highest BCUT2D eigenvalue weighted by Gasteiger charge is 2.08. The normalized spacial score (nSPS) is 10.7. The Morgan fingerprint density at radius 1 is 1.05 bits per heavy atom. The van der Waals surface area contributed by atoms with E-state index in [9.17, 15) is 4.79 Å². The van der Waals surface area contributed by atoms with Crippen LogP contribution in [0.25, 0.3) is 10.9 Å². The third-order valence-electron chi connectivity index (χ3n) is 3.58. The predicted octanol–water partition coefficient (Wildman–Crippen LogP) is 3.70. The maximum absolute atomic E-state index is 10.7. The number of nitrogens with zero attached hydrogens (tertiary/aromatic N) is 1. The Hall–Kier alpha value is -2.75. The second-order valence-corrected chi connectivity index (χ2v) is 5.12. The molecule has 1 N–H and O–H groups in total. The van der Waals surface area contributed by atoms with Crippen molar-refractivity contribution in [2.45, 2.75) is 19.6 Å². The second-order valence-electron chi connectivity index (χ2n) is 5.12. The summed E-state index contributed by atoms with van der Waals surface area (Å²) in [4.78, 5) is 10.7. The van der Waals surface area contributed by atoms with Crippen molar-refractivity contribution in [2.24, 2.45) is 0 Å². The van der Waals surface area contributed by atoms with Gasteiger partial charge in [0.05, 0.1) is 11.9 Å². The molecule has 0 spiro atoms. The summed E-state index contributed by atoms with van der Waals surface area (Å²) in [6.07, 6.45) is 2.02. The van der Waals surface area contributed by atoms with Gasteiger partial charge in [0.15, 0.2) is 0 Å². The van der Waals surface area contributed by atoms with Crippen molar-refractivity contribution < 1.29 is 14.6 Å². The van der Waals surface area contributed by atoms with Crippen molar-refractivity contribution in [2.75, 3.05) is 0 Å². The number of aromatic nitrogens is 1. The minimum absolute atomic E-state index is 0.110. The zero-order chi connectivity index (χ0) is 15.4. The van der Waals surface area contributed by atoms with Crippen LogP contribution in [-0.2, 0) is 17.9 Å². The molecule has 22 heavy (non-hydrogen) atoms. The average Bonchev–Trinajstić information content (AvgIpc) is 2.95. The van der Waals surface area contributed by atoms with Crippen molar-refractivity contribution in [3.63, 3.8) is 0 Å². The van der Waals surface area contributed by atoms with Crippen LogP contribution in [0, 0.1) is 0 Å². The number of fused-ring (bicyclic) bond motifs is 1. The van der Waals surface area contributed by atoms with E-state index in [-0.39, 0.29) is 6.42 Å². The minimum Gasteiger partial charge on any atom is -0.488 e. The van der Waals surface area contributed by atoms with Crippen LogP contribution >= 0.6 is 0 Å². The summed E-state index contributed by atoms with van der Waals surface area (Å²) in [5, 5.41) is 9.81. The maximum Gasteiger partial charge on any atom is 0.305 e. The smallest absolute Gasteiger partial charge is 0.305 e. The highest BCUT2D eigenvalue weighted by atomic mass is 16.5. The highest BCUT2D eigenvalue weighted by Crippen LogP contribution is 2.27. The third kappa shape index (κ3) is 3.11. The first kappa shape index (κ1) is 14.2. The van der Waals surface area contributed by atoms with Crippen molar-refractivity contribution in [3.05, 3.63) is 66.4 Å². The molecular formula is C18H17NO3. The lowest BCUT2D eigenvalue weighted by Crippen LogP contribution is -2.03. The number of rotatable bonds is 6. The summed E-state index contributed by atoms with van der Waals surface area (Å²) >= 11 is 0. The number of carboxylic acid groups (broad SMARTS) is 1.